The van der Waals surface area contributed by atoms with Crippen molar-refractivity contribution in [3.8, 4) is 0 Å². The zero-order valence-corrected chi connectivity index (χ0v) is 11.7. The Labute approximate surface area is 106 Å². The van der Waals surface area contributed by atoms with Crippen molar-refractivity contribution < 1.29 is 9.53 Å². The van der Waals surface area contributed by atoms with Gasteiger partial charge in [-0.1, -0.05) is 38.0 Å². The van der Waals surface area contributed by atoms with Crippen molar-refractivity contribution in [2.75, 3.05) is 6.61 Å². The molecule has 2 nitrogen and oxygen atoms in total. The topological polar surface area (TPSA) is 26.3 Å². The van der Waals surface area contributed by atoms with Crippen LogP contribution in [0.5, 0.6) is 0 Å². The second-order valence-corrected chi connectivity index (χ2v) is 4.72. The first-order chi connectivity index (χ1) is 8.06. The number of unbranched alkanes of at least 4 members (excludes halogenated alkanes) is 1. The number of carbonyl (C=O) groups excluding carboxylic acids is 1. The van der Waals surface area contributed by atoms with Gasteiger partial charge in [0.25, 0.3) is 0 Å². The molecule has 0 aliphatic carbocycles. The number of allylic oxidation sites excluding steroid dienone is 3. The lowest BCUT2D eigenvalue weighted by Crippen LogP contribution is -2.02. The molecule has 0 heterocycles. The first kappa shape index (κ1) is 16.0. The van der Waals surface area contributed by atoms with Gasteiger partial charge in [0.15, 0.2) is 0 Å². The standard InChI is InChI=1S/C15H26O2/c1-5-6-12-17-15(16)11-10-14(4)9-7-8-13(2)3/h8,10-11,14H,5-7,9,12H2,1-4H3. The minimum Gasteiger partial charge on any atom is -0.463 e. The molecule has 0 radical (unpaired) electrons. The van der Waals surface area contributed by atoms with Gasteiger partial charge in [-0.15, -0.1) is 0 Å². The van der Waals surface area contributed by atoms with Crippen molar-refractivity contribution in [2.24, 2.45) is 5.92 Å². The average molecular weight is 238 g/mol. The van der Waals surface area contributed by atoms with Crippen LogP contribution in [0, 0.1) is 5.92 Å². The largest absolute Gasteiger partial charge is 0.463 e. The lowest BCUT2D eigenvalue weighted by molar-refractivity contribution is -0.137. The minimum atomic E-state index is -0.215. The molecule has 0 rings (SSSR count). The van der Waals surface area contributed by atoms with Crippen LogP contribution in [-0.4, -0.2) is 12.6 Å². The molecule has 0 aromatic heterocycles. The van der Waals surface area contributed by atoms with Crippen LogP contribution >= 0.6 is 0 Å². The predicted molar refractivity (Wildman–Crippen MR) is 72.8 cm³/mol. The number of hydrogen-bond acceptors (Lipinski definition) is 2. The molecule has 0 saturated carbocycles. The van der Waals surface area contributed by atoms with Crippen LogP contribution in [0.3, 0.4) is 0 Å². The van der Waals surface area contributed by atoms with Crippen LogP contribution < -0.4 is 0 Å². The summed E-state index contributed by atoms with van der Waals surface area (Å²) in [6, 6.07) is 0. The highest BCUT2D eigenvalue weighted by Gasteiger charge is 1.99. The van der Waals surface area contributed by atoms with Crippen LogP contribution in [0.1, 0.15) is 53.4 Å². The van der Waals surface area contributed by atoms with Crippen LogP contribution in [-0.2, 0) is 9.53 Å². The third kappa shape index (κ3) is 11.2. The van der Waals surface area contributed by atoms with Crippen molar-refractivity contribution in [3.63, 3.8) is 0 Å². The van der Waals surface area contributed by atoms with E-state index >= 15 is 0 Å². The number of ether oxygens (including phenoxy) is 1. The van der Waals surface area contributed by atoms with Gasteiger partial charge in [-0.3, -0.25) is 0 Å². The van der Waals surface area contributed by atoms with Crippen LogP contribution in [0.2, 0.25) is 0 Å². The molecule has 0 bridgehead atoms. The van der Waals surface area contributed by atoms with Crippen LogP contribution in [0.15, 0.2) is 23.8 Å². The molecule has 0 fully saturated rings. The summed E-state index contributed by atoms with van der Waals surface area (Å²) in [6.45, 7) is 8.94. The van der Waals surface area contributed by atoms with Crippen molar-refractivity contribution >= 4 is 5.97 Å². The molecule has 0 saturated heterocycles. The zero-order chi connectivity index (χ0) is 13.1. The van der Waals surface area contributed by atoms with Gasteiger partial charge < -0.3 is 4.74 Å². The molecular weight excluding hydrogens is 212 g/mol. The van der Waals surface area contributed by atoms with E-state index in [1.54, 1.807) is 6.08 Å². The zero-order valence-electron chi connectivity index (χ0n) is 11.7. The van der Waals surface area contributed by atoms with Gasteiger partial charge in [0.1, 0.15) is 0 Å². The normalized spacial score (nSPS) is 12.5. The Kier molecular flexibility index (Phi) is 9.50. The Morgan fingerprint density at radius 1 is 1.35 bits per heavy atom. The van der Waals surface area contributed by atoms with E-state index in [0.29, 0.717) is 12.5 Å². The molecule has 0 spiro atoms. The first-order valence-electron chi connectivity index (χ1n) is 6.54. The molecule has 0 aromatic carbocycles. The van der Waals surface area contributed by atoms with E-state index in [1.807, 2.05) is 6.08 Å². The highest BCUT2D eigenvalue weighted by molar-refractivity contribution is 5.81. The summed E-state index contributed by atoms with van der Waals surface area (Å²) in [5.74, 6) is 0.205. The van der Waals surface area contributed by atoms with Gasteiger partial charge in [-0.05, 0) is 39.0 Å². The molecule has 0 aliphatic rings. The molecule has 0 amide bonds. The summed E-state index contributed by atoms with van der Waals surface area (Å²) < 4.78 is 5.04. The molecule has 17 heavy (non-hydrogen) atoms. The fraction of sp³-hybridized carbons (Fsp3) is 0.667. The fourth-order valence-electron chi connectivity index (χ4n) is 1.34. The maximum absolute atomic E-state index is 11.3. The number of esters is 1. The second-order valence-electron chi connectivity index (χ2n) is 4.72. The lowest BCUT2D eigenvalue weighted by Gasteiger charge is -2.04. The molecule has 98 valence electrons. The summed E-state index contributed by atoms with van der Waals surface area (Å²) in [5.41, 5.74) is 1.35. The van der Waals surface area contributed by atoms with Gasteiger partial charge in [-0.25, -0.2) is 4.79 Å². The van der Waals surface area contributed by atoms with Crippen molar-refractivity contribution in [1.82, 2.24) is 0 Å². The smallest absolute Gasteiger partial charge is 0.330 e. The third-order valence-corrected chi connectivity index (χ3v) is 2.48. The third-order valence-electron chi connectivity index (χ3n) is 2.48. The molecular formula is C15H26O2. The molecule has 0 aromatic rings. The fourth-order valence-corrected chi connectivity index (χ4v) is 1.34. The predicted octanol–water partition coefficient (Wildman–Crippen LogP) is 4.27. The number of hydrogen-bond donors (Lipinski definition) is 0. The number of rotatable bonds is 8. The highest BCUT2D eigenvalue weighted by Crippen LogP contribution is 2.09. The Hall–Kier alpha value is -1.05. The summed E-state index contributed by atoms with van der Waals surface area (Å²) in [6.07, 6.45) is 9.86. The van der Waals surface area contributed by atoms with Crippen LogP contribution in [0.25, 0.3) is 0 Å². The average Bonchev–Trinajstić information content (AvgIpc) is 2.26. The van der Waals surface area contributed by atoms with Crippen LogP contribution in [0.4, 0.5) is 0 Å². The van der Waals surface area contributed by atoms with E-state index < -0.39 is 0 Å². The van der Waals surface area contributed by atoms with Gasteiger partial charge >= 0.3 is 5.97 Å². The Bertz CT molecular complexity index is 260. The summed E-state index contributed by atoms with van der Waals surface area (Å²) in [4.78, 5) is 11.3. The maximum atomic E-state index is 11.3. The SMILES string of the molecule is CCCCOC(=O)C=CC(C)CCC=C(C)C. The highest BCUT2D eigenvalue weighted by atomic mass is 16.5. The monoisotopic (exact) mass is 238 g/mol. The van der Waals surface area contributed by atoms with Crippen molar-refractivity contribution in [3.05, 3.63) is 23.8 Å². The lowest BCUT2D eigenvalue weighted by atomic mass is 10.0. The Morgan fingerprint density at radius 2 is 2.06 bits per heavy atom. The van der Waals surface area contributed by atoms with Gasteiger partial charge in [0.05, 0.1) is 6.61 Å². The first-order valence-corrected chi connectivity index (χ1v) is 6.54. The molecule has 1 atom stereocenters. The molecule has 1 unspecified atom stereocenters. The van der Waals surface area contributed by atoms with Crippen molar-refractivity contribution in [1.29, 1.82) is 0 Å². The van der Waals surface area contributed by atoms with E-state index in [0.717, 1.165) is 25.7 Å². The van der Waals surface area contributed by atoms with Gasteiger partial charge in [-0.2, -0.15) is 0 Å². The molecule has 0 N–H and O–H groups in total. The minimum absolute atomic E-state index is 0.215. The number of carbonyl (C=O) groups is 1. The quantitative estimate of drug-likeness (QED) is 0.273. The maximum Gasteiger partial charge on any atom is 0.330 e. The van der Waals surface area contributed by atoms with E-state index in [-0.39, 0.29) is 5.97 Å². The Morgan fingerprint density at radius 3 is 2.65 bits per heavy atom. The summed E-state index contributed by atoms with van der Waals surface area (Å²) in [5, 5.41) is 0. The van der Waals surface area contributed by atoms with E-state index in [9.17, 15) is 4.79 Å². The second kappa shape index (κ2) is 10.1. The summed E-state index contributed by atoms with van der Waals surface area (Å²) in [7, 11) is 0. The summed E-state index contributed by atoms with van der Waals surface area (Å²) >= 11 is 0. The van der Waals surface area contributed by atoms with E-state index in [4.69, 9.17) is 4.74 Å². The van der Waals surface area contributed by atoms with E-state index in [2.05, 4.69) is 33.8 Å². The van der Waals surface area contributed by atoms with E-state index in [1.165, 1.54) is 5.57 Å². The molecule has 2 heteroatoms. The van der Waals surface area contributed by atoms with Gasteiger partial charge in [0, 0.05) is 6.08 Å². The van der Waals surface area contributed by atoms with Gasteiger partial charge in [0.2, 0.25) is 0 Å². The molecule has 0 aliphatic heterocycles. The Balaban J connectivity index is 3.74. The van der Waals surface area contributed by atoms with Crippen molar-refractivity contribution in [2.45, 2.75) is 53.4 Å².